The van der Waals surface area contributed by atoms with Crippen LogP contribution in [-0.2, 0) is 0 Å². The predicted molar refractivity (Wildman–Crippen MR) is 57.1 cm³/mol. The molecule has 0 aromatic carbocycles. The third-order valence-electron chi connectivity index (χ3n) is 1.74. The Kier molecular flexibility index (Phi) is 6.08. The Hall–Kier alpha value is -1.04. The van der Waals surface area contributed by atoms with Gasteiger partial charge in [-0.1, -0.05) is 47.6 Å². The van der Waals surface area contributed by atoms with Gasteiger partial charge in [-0.15, -0.1) is 0 Å². The molecule has 0 rings (SSSR count). The van der Waals surface area contributed by atoms with E-state index in [4.69, 9.17) is 0 Å². The lowest BCUT2D eigenvalue weighted by molar-refractivity contribution is 1.46. The first kappa shape index (κ1) is 11.0. The molecular weight excluding hydrogens is 144 g/mol. The van der Waals surface area contributed by atoms with Crippen molar-refractivity contribution in [2.75, 3.05) is 0 Å². The van der Waals surface area contributed by atoms with Crippen molar-refractivity contribution < 1.29 is 0 Å². The van der Waals surface area contributed by atoms with Crippen LogP contribution in [0.15, 0.2) is 47.6 Å². The van der Waals surface area contributed by atoms with Gasteiger partial charge in [0.2, 0.25) is 0 Å². The van der Waals surface area contributed by atoms with Gasteiger partial charge in [-0.3, -0.25) is 0 Å². The fourth-order valence-corrected chi connectivity index (χ4v) is 0.607. The van der Waals surface area contributed by atoms with Crippen LogP contribution in [0.2, 0.25) is 0 Å². The lowest BCUT2D eigenvalue weighted by Crippen LogP contribution is -1.65. The van der Waals surface area contributed by atoms with Crippen LogP contribution >= 0.6 is 0 Å². The minimum atomic E-state index is 1.29. The Morgan fingerprint density at radius 3 is 1.33 bits per heavy atom. The number of hydrogen-bond donors (Lipinski definition) is 0. The lowest BCUT2D eigenvalue weighted by atomic mass is 10.2. The summed E-state index contributed by atoms with van der Waals surface area (Å²) in [6.45, 7) is 8.26. The maximum Gasteiger partial charge on any atom is -0.0401 e. The monoisotopic (exact) mass is 162 g/mol. The molecule has 0 N–H and O–H groups in total. The van der Waals surface area contributed by atoms with Gasteiger partial charge in [-0.05, 0) is 27.7 Å². The van der Waals surface area contributed by atoms with E-state index in [0.29, 0.717) is 0 Å². The lowest BCUT2D eigenvalue weighted by Gasteiger charge is -1.86. The van der Waals surface area contributed by atoms with Gasteiger partial charge < -0.3 is 0 Å². The number of hydrogen-bond acceptors (Lipinski definition) is 0. The highest BCUT2D eigenvalue weighted by Crippen LogP contribution is 1.96. The summed E-state index contributed by atoms with van der Waals surface area (Å²) < 4.78 is 0. The molecule has 0 spiro atoms. The van der Waals surface area contributed by atoms with Crippen LogP contribution in [-0.4, -0.2) is 0 Å². The smallest absolute Gasteiger partial charge is 0.0401 e. The summed E-state index contributed by atoms with van der Waals surface area (Å²) in [4.78, 5) is 0. The molecule has 0 radical (unpaired) electrons. The molecule has 0 nitrogen and oxygen atoms in total. The zero-order chi connectivity index (χ0) is 9.40. The van der Waals surface area contributed by atoms with Crippen molar-refractivity contribution in [2.45, 2.75) is 27.7 Å². The highest BCUT2D eigenvalue weighted by Gasteiger charge is 1.75. The van der Waals surface area contributed by atoms with E-state index in [9.17, 15) is 0 Å². The van der Waals surface area contributed by atoms with Crippen molar-refractivity contribution in [1.82, 2.24) is 0 Å². The average molecular weight is 162 g/mol. The normalized spacial score (nSPS) is 15.0. The van der Waals surface area contributed by atoms with Crippen LogP contribution in [0.25, 0.3) is 0 Å². The van der Waals surface area contributed by atoms with Crippen molar-refractivity contribution in [3.8, 4) is 0 Å². The number of rotatable bonds is 3. The van der Waals surface area contributed by atoms with Gasteiger partial charge in [0, 0.05) is 0 Å². The Labute approximate surface area is 76.0 Å². The molecule has 0 aliphatic heterocycles. The topological polar surface area (TPSA) is 0 Å². The van der Waals surface area contributed by atoms with Gasteiger partial charge in [-0.25, -0.2) is 0 Å². The van der Waals surface area contributed by atoms with Crippen molar-refractivity contribution in [3.05, 3.63) is 47.6 Å². The van der Waals surface area contributed by atoms with Crippen LogP contribution in [0.4, 0.5) is 0 Å². The highest BCUT2D eigenvalue weighted by molar-refractivity contribution is 5.24. The van der Waals surface area contributed by atoms with Gasteiger partial charge in [-0.2, -0.15) is 0 Å². The van der Waals surface area contributed by atoms with Crippen molar-refractivity contribution in [1.29, 1.82) is 0 Å². The molecule has 0 aliphatic rings. The standard InChI is InChI=1S/C12H18/c1-5-11(3)9-7-8-10-12(4)6-2/h5-10H,1-4H3/b9-7-,10-8-,11-5+,12-6+. The summed E-state index contributed by atoms with van der Waals surface area (Å²) in [6.07, 6.45) is 12.5. The first-order valence-electron chi connectivity index (χ1n) is 4.31. The summed E-state index contributed by atoms with van der Waals surface area (Å²) in [5.41, 5.74) is 2.58. The molecule has 0 fully saturated rings. The fraction of sp³-hybridized carbons (Fsp3) is 0.333. The third kappa shape index (κ3) is 5.72. The van der Waals surface area contributed by atoms with E-state index in [1.807, 2.05) is 13.8 Å². The van der Waals surface area contributed by atoms with E-state index < -0.39 is 0 Å². The second-order valence-corrected chi connectivity index (χ2v) is 2.78. The fourth-order valence-electron chi connectivity index (χ4n) is 0.607. The third-order valence-corrected chi connectivity index (χ3v) is 1.74. The van der Waals surface area contributed by atoms with Gasteiger partial charge in [0.25, 0.3) is 0 Å². The van der Waals surface area contributed by atoms with Crippen molar-refractivity contribution >= 4 is 0 Å². The molecule has 0 atom stereocenters. The second kappa shape index (κ2) is 6.66. The maximum absolute atomic E-state index is 2.10. The Morgan fingerprint density at radius 1 is 0.750 bits per heavy atom. The summed E-state index contributed by atoms with van der Waals surface area (Å²) >= 11 is 0. The van der Waals surface area contributed by atoms with E-state index in [1.54, 1.807) is 0 Å². The molecule has 0 unspecified atom stereocenters. The molecule has 0 bridgehead atoms. The zero-order valence-corrected chi connectivity index (χ0v) is 8.46. The van der Waals surface area contributed by atoms with Crippen molar-refractivity contribution in [2.24, 2.45) is 0 Å². The van der Waals surface area contributed by atoms with E-state index in [2.05, 4.69) is 50.3 Å². The quantitative estimate of drug-likeness (QED) is 0.549. The molecule has 0 aromatic rings. The molecule has 0 heteroatoms. The summed E-state index contributed by atoms with van der Waals surface area (Å²) in [5, 5.41) is 0. The first-order chi connectivity index (χ1) is 5.70. The molecule has 12 heavy (non-hydrogen) atoms. The van der Waals surface area contributed by atoms with Gasteiger partial charge >= 0.3 is 0 Å². The summed E-state index contributed by atoms with van der Waals surface area (Å²) in [7, 11) is 0. The largest absolute Gasteiger partial charge is 0.0847 e. The van der Waals surface area contributed by atoms with Crippen LogP contribution in [0.1, 0.15) is 27.7 Å². The van der Waals surface area contributed by atoms with E-state index in [1.165, 1.54) is 11.1 Å². The molecule has 0 aromatic heterocycles. The summed E-state index contributed by atoms with van der Waals surface area (Å²) in [5.74, 6) is 0. The molecule has 66 valence electrons. The van der Waals surface area contributed by atoms with Crippen LogP contribution in [0.5, 0.6) is 0 Å². The Bertz CT molecular complexity index is 198. The van der Waals surface area contributed by atoms with Gasteiger partial charge in [0.15, 0.2) is 0 Å². The maximum atomic E-state index is 2.10. The van der Waals surface area contributed by atoms with E-state index in [0.717, 1.165) is 0 Å². The van der Waals surface area contributed by atoms with E-state index in [-0.39, 0.29) is 0 Å². The minimum absolute atomic E-state index is 1.29. The molecule has 0 saturated carbocycles. The average Bonchev–Trinajstić information content (AvgIpc) is 2.11. The van der Waals surface area contributed by atoms with E-state index >= 15 is 0 Å². The molecule has 0 saturated heterocycles. The molecule has 0 amide bonds. The highest BCUT2D eigenvalue weighted by atomic mass is 13.8. The minimum Gasteiger partial charge on any atom is -0.0847 e. The summed E-state index contributed by atoms with van der Waals surface area (Å²) in [6, 6.07) is 0. The van der Waals surface area contributed by atoms with Crippen LogP contribution < -0.4 is 0 Å². The molecular formula is C12H18. The zero-order valence-electron chi connectivity index (χ0n) is 8.46. The first-order valence-corrected chi connectivity index (χ1v) is 4.31. The van der Waals surface area contributed by atoms with Crippen LogP contribution in [0.3, 0.4) is 0 Å². The second-order valence-electron chi connectivity index (χ2n) is 2.78. The van der Waals surface area contributed by atoms with Crippen LogP contribution in [0, 0.1) is 0 Å². The molecule has 0 aliphatic carbocycles. The Balaban J connectivity index is 3.98. The van der Waals surface area contributed by atoms with Gasteiger partial charge in [0.05, 0.1) is 0 Å². The van der Waals surface area contributed by atoms with Crippen molar-refractivity contribution in [3.63, 3.8) is 0 Å². The Morgan fingerprint density at radius 2 is 1.08 bits per heavy atom. The molecule has 0 heterocycles. The predicted octanol–water partition coefficient (Wildman–Crippen LogP) is 4.03. The van der Waals surface area contributed by atoms with Gasteiger partial charge in [0.1, 0.15) is 0 Å². The SMILES string of the molecule is C/C=C(C)/C=C\C=C/C(C)=C/C. The number of allylic oxidation sites excluding steroid dienone is 8.